The summed E-state index contributed by atoms with van der Waals surface area (Å²) in [4.78, 5) is 11.7. The molecule has 0 atom stereocenters. The first-order valence-electron chi connectivity index (χ1n) is 7.52. The Morgan fingerprint density at radius 3 is 2.62 bits per heavy atom. The highest BCUT2D eigenvalue weighted by Gasteiger charge is 2.01. The summed E-state index contributed by atoms with van der Waals surface area (Å²) >= 11 is 1.53. The largest absolute Gasteiger partial charge is 0.272 e. The van der Waals surface area contributed by atoms with Crippen LogP contribution in [0.5, 0.6) is 0 Å². The second-order valence-electron chi connectivity index (χ2n) is 5.12. The zero-order valence-electron chi connectivity index (χ0n) is 13.4. The van der Waals surface area contributed by atoms with Crippen molar-refractivity contribution in [3.05, 3.63) is 77.6 Å². The summed E-state index contributed by atoms with van der Waals surface area (Å²) in [5.74, 6) is 0.671. The number of hydrogen-bond donors (Lipinski definition) is 1. The Labute approximate surface area is 145 Å². The molecule has 0 aliphatic rings. The fourth-order valence-corrected chi connectivity index (χ4v) is 2.66. The third-order valence-electron chi connectivity index (χ3n) is 3.11. The predicted molar refractivity (Wildman–Crippen MR) is 99.3 cm³/mol. The Kier molecular flexibility index (Phi) is 7.23. The van der Waals surface area contributed by atoms with Crippen molar-refractivity contribution in [3.8, 4) is 0 Å². The lowest BCUT2D eigenvalue weighted by molar-refractivity contribution is -0.118. The SMILES string of the molecule is CC(C=Cc1ccccc1F)=NNC(=O)CSCc1ccccc1. The molecule has 24 heavy (non-hydrogen) atoms. The predicted octanol–water partition coefficient (Wildman–Crippen LogP) is 4.26. The number of carbonyl (C=O) groups is 1. The van der Waals surface area contributed by atoms with E-state index in [0.29, 0.717) is 17.0 Å². The highest BCUT2D eigenvalue weighted by molar-refractivity contribution is 7.99. The zero-order valence-corrected chi connectivity index (χ0v) is 14.2. The Morgan fingerprint density at radius 1 is 1.17 bits per heavy atom. The van der Waals surface area contributed by atoms with Crippen LogP contribution in [0, 0.1) is 5.82 Å². The van der Waals surface area contributed by atoms with E-state index in [9.17, 15) is 9.18 Å². The minimum absolute atomic E-state index is 0.158. The molecular formula is C19H19FN2OS. The monoisotopic (exact) mass is 342 g/mol. The number of thioether (sulfide) groups is 1. The summed E-state index contributed by atoms with van der Waals surface area (Å²) in [5.41, 5.74) is 4.77. The Bertz CT molecular complexity index is 729. The lowest BCUT2D eigenvalue weighted by Gasteiger charge is -2.02. The molecule has 2 aromatic rings. The number of allylic oxidation sites excluding steroid dienone is 1. The van der Waals surface area contributed by atoms with Crippen LogP contribution in [0.4, 0.5) is 4.39 Å². The van der Waals surface area contributed by atoms with Gasteiger partial charge < -0.3 is 0 Å². The van der Waals surface area contributed by atoms with Gasteiger partial charge >= 0.3 is 0 Å². The second-order valence-corrected chi connectivity index (χ2v) is 6.11. The number of nitrogens with one attached hydrogen (secondary N) is 1. The molecule has 0 aromatic heterocycles. The molecule has 2 aromatic carbocycles. The van der Waals surface area contributed by atoms with E-state index >= 15 is 0 Å². The van der Waals surface area contributed by atoms with Crippen LogP contribution in [-0.2, 0) is 10.5 Å². The molecular weight excluding hydrogens is 323 g/mol. The zero-order chi connectivity index (χ0) is 17.2. The van der Waals surface area contributed by atoms with Crippen molar-refractivity contribution in [1.82, 2.24) is 5.43 Å². The minimum Gasteiger partial charge on any atom is -0.272 e. The normalized spacial score (nSPS) is 11.7. The molecule has 0 unspecified atom stereocenters. The molecule has 0 aliphatic carbocycles. The van der Waals surface area contributed by atoms with Gasteiger partial charge in [0.05, 0.1) is 11.5 Å². The van der Waals surface area contributed by atoms with Crippen LogP contribution in [0.1, 0.15) is 18.1 Å². The van der Waals surface area contributed by atoms with Gasteiger partial charge in [0.2, 0.25) is 5.91 Å². The van der Waals surface area contributed by atoms with E-state index in [0.717, 1.165) is 5.75 Å². The van der Waals surface area contributed by atoms with Crippen molar-refractivity contribution in [2.45, 2.75) is 12.7 Å². The number of nitrogens with zero attached hydrogens (tertiary/aromatic N) is 1. The van der Waals surface area contributed by atoms with Gasteiger partial charge in [0, 0.05) is 11.3 Å². The summed E-state index contributed by atoms with van der Waals surface area (Å²) in [6.07, 6.45) is 3.29. The average molecular weight is 342 g/mol. The van der Waals surface area contributed by atoms with Crippen molar-refractivity contribution < 1.29 is 9.18 Å². The van der Waals surface area contributed by atoms with Gasteiger partial charge in [0.1, 0.15) is 5.82 Å². The van der Waals surface area contributed by atoms with Gasteiger partial charge in [-0.2, -0.15) is 5.10 Å². The van der Waals surface area contributed by atoms with E-state index in [1.165, 1.54) is 23.4 Å². The number of halogens is 1. The fraction of sp³-hybridized carbons (Fsp3) is 0.158. The number of benzene rings is 2. The van der Waals surface area contributed by atoms with Crippen molar-refractivity contribution in [1.29, 1.82) is 0 Å². The van der Waals surface area contributed by atoms with Gasteiger partial charge in [-0.1, -0.05) is 54.6 Å². The lowest BCUT2D eigenvalue weighted by atomic mass is 10.2. The Balaban J connectivity index is 1.75. The molecule has 1 amide bonds. The van der Waals surface area contributed by atoms with E-state index in [4.69, 9.17) is 0 Å². The molecule has 124 valence electrons. The van der Waals surface area contributed by atoms with E-state index < -0.39 is 0 Å². The number of rotatable bonds is 7. The average Bonchev–Trinajstić information content (AvgIpc) is 2.60. The van der Waals surface area contributed by atoms with E-state index in [2.05, 4.69) is 10.5 Å². The maximum absolute atomic E-state index is 13.5. The van der Waals surface area contributed by atoms with Crippen molar-refractivity contribution >= 4 is 29.5 Å². The fourth-order valence-electron chi connectivity index (χ4n) is 1.88. The number of hydrazone groups is 1. The molecule has 0 spiro atoms. The van der Waals surface area contributed by atoms with Crippen LogP contribution in [0.3, 0.4) is 0 Å². The van der Waals surface area contributed by atoms with Gasteiger partial charge in [-0.25, -0.2) is 9.82 Å². The molecule has 3 nitrogen and oxygen atoms in total. The van der Waals surface area contributed by atoms with Crippen LogP contribution >= 0.6 is 11.8 Å². The van der Waals surface area contributed by atoms with Crippen LogP contribution in [-0.4, -0.2) is 17.4 Å². The van der Waals surface area contributed by atoms with Crippen molar-refractivity contribution in [3.63, 3.8) is 0 Å². The highest BCUT2D eigenvalue weighted by Crippen LogP contribution is 2.11. The first kappa shape index (κ1) is 17.9. The van der Waals surface area contributed by atoms with Gasteiger partial charge in [-0.05, 0) is 24.6 Å². The summed E-state index contributed by atoms with van der Waals surface area (Å²) < 4.78 is 13.5. The Hall–Kier alpha value is -2.40. The molecule has 5 heteroatoms. The van der Waals surface area contributed by atoms with Gasteiger partial charge in [-0.3, -0.25) is 4.79 Å². The third-order valence-corrected chi connectivity index (χ3v) is 4.11. The quantitative estimate of drug-likeness (QED) is 0.603. The number of carbonyl (C=O) groups excluding carboxylic acids is 1. The van der Waals surface area contributed by atoms with E-state index in [1.54, 1.807) is 37.3 Å². The van der Waals surface area contributed by atoms with Gasteiger partial charge in [0.25, 0.3) is 0 Å². The molecule has 1 N–H and O–H groups in total. The van der Waals surface area contributed by atoms with E-state index in [1.807, 2.05) is 30.3 Å². The second kappa shape index (κ2) is 9.67. The first-order chi connectivity index (χ1) is 11.6. The maximum atomic E-state index is 13.5. The smallest absolute Gasteiger partial charge is 0.250 e. The topological polar surface area (TPSA) is 41.5 Å². The molecule has 0 bridgehead atoms. The number of hydrogen-bond acceptors (Lipinski definition) is 3. The molecule has 0 saturated heterocycles. The lowest BCUT2D eigenvalue weighted by Crippen LogP contribution is -2.20. The highest BCUT2D eigenvalue weighted by atomic mass is 32.2. The minimum atomic E-state index is -0.289. The summed E-state index contributed by atoms with van der Waals surface area (Å²) in [6, 6.07) is 16.5. The van der Waals surface area contributed by atoms with Gasteiger partial charge in [-0.15, -0.1) is 11.8 Å². The molecule has 0 radical (unpaired) electrons. The molecule has 2 rings (SSSR count). The summed E-state index contributed by atoms with van der Waals surface area (Å²) in [5, 5.41) is 3.99. The van der Waals surface area contributed by atoms with Crippen LogP contribution in [0.15, 0.2) is 65.8 Å². The van der Waals surface area contributed by atoms with Crippen molar-refractivity contribution in [2.24, 2.45) is 5.10 Å². The van der Waals surface area contributed by atoms with Crippen molar-refractivity contribution in [2.75, 3.05) is 5.75 Å². The standard InChI is InChI=1S/C19H19FN2OS/c1-15(11-12-17-9-5-6-10-18(17)20)21-22-19(23)14-24-13-16-7-3-2-4-8-16/h2-12H,13-14H2,1H3,(H,22,23). The molecule has 0 heterocycles. The summed E-state index contributed by atoms with van der Waals surface area (Å²) in [6.45, 7) is 1.74. The van der Waals surface area contributed by atoms with E-state index in [-0.39, 0.29) is 11.7 Å². The van der Waals surface area contributed by atoms with Crippen LogP contribution < -0.4 is 5.43 Å². The summed E-state index contributed by atoms with van der Waals surface area (Å²) in [7, 11) is 0. The molecule has 0 fully saturated rings. The number of amides is 1. The van der Waals surface area contributed by atoms with Crippen LogP contribution in [0.2, 0.25) is 0 Å². The molecule has 0 aliphatic heterocycles. The third kappa shape index (κ3) is 6.38. The maximum Gasteiger partial charge on any atom is 0.250 e. The van der Waals surface area contributed by atoms with Crippen LogP contribution in [0.25, 0.3) is 6.08 Å². The molecule has 0 saturated carbocycles. The Morgan fingerprint density at radius 2 is 1.88 bits per heavy atom. The first-order valence-corrected chi connectivity index (χ1v) is 8.68. The van der Waals surface area contributed by atoms with Gasteiger partial charge in [0.15, 0.2) is 0 Å².